The first-order valence-electron chi connectivity index (χ1n) is 3.95. The van der Waals surface area contributed by atoms with E-state index in [9.17, 15) is 0 Å². The summed E-state index contributed by atoms with van der Waals surface area (Å²) in [6, 6.07) is 0. The lowest BCUT2D eigenvalue weighted by Gasteiger charge is -2.06. The van der Waals surface area contributed by atoms with Gasteiger partial charge in [-0.3, -0.25) is 0 Å². The van der Waals surface area contributed by atoms with E-state index in [4.69, 9.17) is 21.4 Å². The molecule has 0 saturated heterocycles. The second-order valence-electron chi connectivity index (χ2n) is 2.59. The topological polar surface area (TPSA) is 117 Å². The quantitative estimate of drug-likeness (QED) is 0.531. The van der Waals surface area contributed by atoms with Crippen LogP contribution in [0.2, 0.25) is 0 Å². The van der Waals surface area contributed by atoms with Crippen molar-refractivity contribution < 1.29 is 9.94 Å². The zero-order valence-electron chi connectivity index (χ0n) is 7.29. The lowest BCUT2D eigenvalue weighted by atomic mass is 10.8. The first-order chi connectivity index (χ1) is 6.74. The van der Waals surface area contributed by atoms with Crippen molar-refractivity contribution in [2.75, 3.05) is 24.7 Å². The van der Waals surface area contributed by atoms with Gasteiger partial charge in [0, 0.05) is 0 Å². The molecule has 76 valence electrons. The lowest BCUT2D eigenvalue weighted by Crippen LogP contribution is -2.22. The molecular formula is C6H10N6O2. The number of nitrogen functional groups attached to an aromatic ring is 2. The maximum absolute atomic E-state index is 8.59. The molecule has 8 nitrogen and oxygen atoms in total. The van der Waals surface area contributed by atoms with Crippen molar-refractivity contribution in [3.8, 4) is 0 Å². The fraction of sp³-hybridized carbons (Fsp3) is 0.333. The molecule has 0 aliphatic rings. The van der Waals surface area contributed by atoms with Gasteiger partial charge < -0.3 is 21.4 Å². The highest BCUT2D eigenvalue weighted by atomic mass is 16.7. The van der Waals surface area contributed by atoms with Gasteiger partial charge in [-0.15, -0.1) is 0 Å². The van der Waals surface area contributed by atoms with E-state index in [2.05, 4.69) is 9.97 Å². The summed E-state index contributed by atoms with van der Waals surface area (Å²) in [4.78, 5) is 14.1. The predicted molar refractivity (Wildman–Crippen MR) is 48.3 cm³/mol. The number of nitrogens with two attached hydrogens (primary N) is 2. The van der Waals surface area contributed by atoms with Crippen LogP contribution in [0.5, 0.6) is 0 Å². The van der Waals surface area contributed by atoms with Gasteiger partial charge in [-0.25, -0.2) is 4.98 Å². The summed E-state index contributed by atoms with van der Waals surface area (Å²) in [6.07, 6.45) is 1.45. The second kappa shape index (κ2) is 3.07. The van der Waals surface area contributed by atoms with Crippen LogP contribution in [0.15, 0.2) is 6.20 Å². The summed E-state index contributed by atoms with van der Waals surface area (Å²) >= 11 is 0. The van der Waals surface area contributed by atoms with E-state index in [1.54, 1.807) is 0 Å². The number of hydrogen-bond acceptors (Lipinski definition) is 6. The SMILES string of the molecule is Nc1nc2ncc(N)n2n1OCCO. The lowest BCUT2D eigenvalue weighted by molar-refractivity contribution is 0.0519. The van der Waals surface area contributed by atoms with E-state index in [-0.39, 0.29) is 19.2 Å². The van der Waals surface area contributed by atoms with E-state index in [1.165, 1.54) is 15.6 Å². The number of anilines is 2. The van der Waals surface area contributed by atoms with Gasteiger partial charge in [0.2, 0.25) is 0 Å². The van der Waals surface area contributed by atoms with Crippen molar-refractivity contribution in [1.82, 2.24) is 19.3 Å². The van der Waals surface area contributed by atoms with Crippen LogP contribution in [0.1, 0.15) is 0 Å². The molecule has 0 aromatic carbocycles. The third kappa shape index (κ3) is 1.12. The summed E-state index contributed by atoms with van der Waals surface area (Å²) in [7, 11) is 0. The first-order valence-corrected chi connectivity index (χ1v) is 3.95. The number of aliphatic hydroxyl groups excluding tert-OH is 1. The molecule has 0 saturated carbocycles. The molecule has 0 unspecified atom stereocenters. The molecule has 0 fully saturated rings. The van der Waals surface area contributed by atoms with Crippen molar-refractivity contribution in [3.63, 3.8) is 0 Å². The van der Waals surface area contributed by atoms with E-state index in [0.717, 1.165) is 0 Å². The number of nitrogens with zero attached hydrogens (tertiary/aromatic N) is 4. The van der Waals surface area contributed by atoms with Gasteiger partial charge in [-0.05, 0) is 0 Å². The molecule has 8 heteroatoms. The molecule has 0 aliphatic carbocycles. The number of fused-ring (bicyclic) bond motifs is 1. The van der Waals surface area contributed by atoms with E-state index >= 15 is 0 Å². The Kier molecular flexibility index (Phi) is 1.89. The zero-order valence-corrected chi connectivity index (χ0v) is 7.29. The minimum Gasteiger partial charge on any atom is -0.393 e. The highest BCUT2D eigenvalue weighted by Crippen LogP contribution is 2.09. The monoisotopic (exact) mass is 198 g/mol. The number of aromatic nitrogens is 4. The van der Waals surface area contributed by atoms with Crippen LogP contribution in [-0.4, -0.2) is 37.6 Å². The highest BCUT2D eigenvalue weighted by molar-refractivity contribution is 5.44. The summed E-state index contributed by atoms with van der Waals surface area (Å²) in [6.45, 7) is -0.0129. The number of imidazole rings is 1. The minimum atomic E-state index is -0.117. The van der Waals surface area contributed by atoms with Crippen molar-refractivity contribution >= 4 is 17.5 Å². The Bertz CT molecular complexity index is 446. The molecule has 0 radical (unpaired) electrons. The van der Waals surface area contributed by atoms with Crippen LogP contribution in [0.4, 0.5) is 11.8 Å². The molecule has 2 heterocycles. The van der Waals surface area contributed by atoms with Gasteiger partial charge >= 0.3 is 0 Å². The molecule has 2 aromatic heterocycles. The predicted octanol–water partition coefficient (Wildman–Crippen LogP) is -1.88. The minimum absolute atomic E-state index is 0.104. The Hall–Kier alpha value is -1.96. The van der Waals surface area contributed by atoms with Crippen LogP contribution >= 0.6 is 0 Å². The Labute approximate surface area is 78.6 Å². The summed E-state index contributed by atoms with van der Waals surface area (Å²) < 4.78 is 1.41. The fourth-order valence-electron chi connectivity index (χ4n) is 1.11. The van der Waals surface area contributed by atoms with Gasteiger partial charge in [0.05, 0.1) is 12.8 Å². The Morgan fingerprint density at radius 3 is 3.00 bits per heavy atom. The smallest absolute Gasteiger partial charge is 0.257 e. The molecule has 5 N–H and O–H groups in total. The first kappa shape index (κ1) is 8.63. The van der Waals surface area contributed by atoms with Gasteiger partial charge in [-0.1, -0.05) is 4.85 Å². The zero-order chi connectivity index (χ0) is 10.1. The summed E-state index contributed by atoms with van der Waals surface area (Å²) in [5.74, 6) is 0.855. The maximum Gasteiger partial charge on any atom is 0.257 e. The number of aliphatic hydroxyl groups is 1. The van der Waals surface area contributed by atoms with Gasteiger partial charge in [0.25, 0.3) is 11.7 Å². The average molecular weight is 198 g/mol. The van der Waals surface area contributed by atoms with Crippen molar-refractivity contribution in [1.29, 1.82) is 0 Å². The molecule has 2 aromatic rings. The molecule has 0 aliphatic heterocycles. The largest absolute Gasteiger partial charge is 0.393 e. The van der Waals surface area contributed by atoms with Crippen LogP contribution in [0, 0.1) is 0 Å². The second-order valence-corrected chi connectivity index (χ2v) is 2.59. The van der Waals surface area contributed by atoms with Crippen molar-refractivity contribution in [2.45, 2.75) is 0 Å². The Morgan fingerprint density at radius 2 is 2.29 bits per heavy atom. The van der Waals surface area contributed by atoms with Crippen LogP contribution < -0.4 is 16.3 Å². The molecule has 2 rings (SSSR count). The number of hydrogen-bond donors (Lipinski definition) is 3. The third-order valence-electron chi connectivity index (χ3n) is 1.64. The highest BCUT2D eigenvalue weighted by Gasteiger charge is 2.11. The maximum atomic E-state index is 8.59. The van der Waals surface area contributed by atoms with Gasteiger partial charge in [0.1, 0.15) is 12.4 Å². The van der Waals surface area contributed by atoms with Crippen molar-refractivity contribution in [2.24, 2.45) is 0 Å². The third-order valence-corrected chi connectivity index (χ3v) is 1.64. The normalized spacial score (nSPS) is 10.9. The molecule has 0 atom stereocenters. The molecule has 0 bridgehead atoms. The van der Waals surface area contributed by atoms with Crippen LogP contribution in [0.25, 0.3) is 5.78 Å². The van der Waals surface area contributed by atoms with Crippen LogP contribution in [-0.2, 0) is 0 Å². The molecule has 14 heavy (non-hydrogen) atoms. The van der Waals surface area contributed by atoms with Crippen LogP contribution in [0.3, 0.4) is 0 Å². The number of rotatable bonds is 3. The van der Waals surface area contributed by atoms with Gasteiger partial charge in [-0.2, -0.15) is 9.50 Å². The Morgan fingerprint density at radius 1 is 1.50 bits per heavy atom. The van der Waals surface area contributed by atoms with E-state index < -0.39 is 0 Å². The standard InChI is InChI=1S/C6H10N6O2/c7-4-3-9-6-10-5(8)12(11(4)6)14-2-1-13/h3,13H,1-2,7H2,(H2,8,9,10). The van der Waals surface area contributed by atoms with E-state index in [1.807, 2.05) is 0 Å². The molecular weight excluding hydrogens is 188 g/mol. The van der Waals surface area contributed by atoms with Crippen molar-refractivity contribution in [3.05, 3.63) is 6.20 Å². The molecule has 0 spiro atoms. The summed E-state index contributed by atoms with van der Waals surface area (Å²) in [5, 5.41) is 8.59. The summed E-state index contributed by atoms with van der Waals surface area (Å²) in [5.41, 5.74) is 11.1. The average Bonchev–Trinajstić information content (AvgIpc) is 2.64. The van der Waals surface area contributed by atoms with E-state index in [0.29, 0.717) is 11.6 Å². The van der Waals surface area contributed by atoms with Gasteiger partial charge in [0.15, 0.2) is 0 Å². The fourth-order valence-corrected chi connectivity index (χ4v) is 1.11. The Balaban J connectivity index is 2.48. The molecule has 0 amide bonds.